The SMILES string of the molecule is CC1CN(CC/C=C2/C3=C(C=CC(C(O)O)C3)OCc3ncccc32)CCC1(O)c1ccc(Cl)cc1. The molecule has 3 N–H and O–H groups in total. The second-order valence-corrected chi connectivity index (χ2v) is 10.5. The number of ether oxygens (including phenoxy) is 1. The van der Waals surface area contributed by atoms with E-state index in [1.54, 1.807) is 6.20 Å². The predicted molar refractivity (Wildman–Crippen MR) is 140 cm³/mol. The van der Waals surface area contributed by atoms with Gasteiger partial charge in [-0.3, -0.25) is 4.98 Å². The Hall–Kier alpha value is -2.48. The zero-order valence-corrected chi connectivity index (χ0v) is 21.2. The van der Waals surface area contributed by atoms with Crippen molar-refractivity contribution in [2.75, 3.05) is 19.6 Å². The van der Waals surface area contributed by atoms with Crippen molar-refractivity contribution >= 4 is 17.2 Å². The van der Waals surface area contributed by atoms with Gasteiger partial charge in [-0.1, -0.05) is 48.9 Å². The molecule has 3 atom stereocenters. The average molecular weight is 509 g/mol. The van der Waals surface area contributed by atoms with Crippen LogP contribution in [-0.2, 0) is 16.9 Å². The Morgan fingerprint density at radius 3 is 2.81 bits per heavy atom. The van der Waals surface area contributed by atoms with Crippen molar-refractivity contribution in [1.29, 1.82) is 0 Å². The number of piperidine rings is 1. The van der Waals surface area contributed by atoms with Gasteiger partial charge in [0.1, 0.15) is 12.4 Å². The molecule has 2 aliphatic heterocycles. The summed E-state index contributed by atoms with van der Waals surface area (Å²) in [4.78, 5) is 6.94. The largest absolute Gasteiger partial charge is 0.487 e. The van der Waals surface area contributed by atoms with Crippen LogP contribution < -0.4 is 0 Å². The molecule has 190 valence electrons. The summed E-state index contributed by atoms with van der Waals surface area (Å²) in [6, 6.07) is 11.5. The molecule has 1 fully saturated rings. The van der Waals surface area contributed by atoms with Crippen LogP contribution in [0.3, 0.4) is 0 Å². The molecule has 36 heavy (non-hydrogen) atoms. The van der Waals surface area contributed by atoms with Crippen LogP contribution in [0.5, 0.6) is 0 Å². The highest BCUT2D eigenvalue weighted by molar-refractivity contribution is 6.30. The fraction of sp³-hybridized carbons (Fsp3) is 0.414. The zero-order valence-electron chi connectivity index (χ0n) is 20.5. The van der Waals surface area contributed by atoms with Crippen LogP contribution in [0.4, 0.5) is 0 Å². The number of aliphatic hydroxyl groups excluding tert-OH is 1. The van der Waals surface area contributed by atoms with Crippen molar-refractivity contribution in [3.63, 3.8) is 0 Å². The molecule has 0 amide bonds. The molecule has 0 radical (unpaired) electrons. The number of nitrogens with zero attached hydrogens (tertiary/aromatic N) is 2. The van der Waals surface area contributed by atoms with Crippen LogP contribution in [0.25, 0.3) is 5.57 Å². The van der Waals surface area contributed by atoms with E-state index in [0.29, 0.717) is 24.5 Å². The molecule has 3 heterocycles. The first-order chi connectivity index (χ1) is 17.3. The van der Waals surface area contributed by atoms with E-state index in [-0.39, 0.29) is 11.8 Å². The van der Waals surface area contributed by atoms with E-state index in [0.717, 1.165) is 59.8 Å². The molecule has 3 aliphatic rings. The summed E-state index contributed by atoms with van der Waals surface area (Å²) >= 11 is 6.05. The Morgan fingerprint density at radius 2 is 2.06 bits per heavy atom. The maximum atomic E-state index is 11.4. The predicted octanol–water partition coefficient (Wildman–Crippen LogP) is 4.41. The lowest BCUT2D eigenvalue weighted by Crippen LogP contribution is -2.49. The van der Waals surface area contributed by atoms with Crippen LogP contribution in [0.1, 0.15) is 43.0 Å². The standard InChI is InChI=1S/C29H33ClN2O4/c1-19-17-32(15-12-29(19,35)21-7-9-22(30)10-8-21)14-3-5-23-24-4-2-13-31-26(24)18-36-27-11-6-20(28(33)34)16-25(23)27/h2,4-11,13,19-20,28,33-35H,3,12,14-18H2,1H3/b23-5+. The van der Waals surface area contributed by atoms with Gasteiger partial charge in [0, 0.05) is 53.8 Å². The minimum atomic E-state index is -1.41. The monoisotopic (exact) mass is 508 g/mol. The average Bonchev–Trinajstić information content (AvgIpc) is 3.03. The maximum Gasteiger partial charge on any atom is 0.158 e. The molecular formula is C29H33ClN2O4. The first-order valence-corrected chi connectivity index (χ1v) is 13.0. The number of rotatable bonds is 5. The van der Waals surface area contributed by atoms with E-state index in [1.165, 1.54) is 0 Å². The number of halogens is 1. The first kappa shape index (κ1) is 25.2. The van der Waals surface area contributed by atoms with E-state index >= 15 is 0 Å². The lowest BCUT2D eigenvalue weighted by atomic mass is 9.77. The third-order valence-corrected chi connectivity index (χ3v) is 8.03. The van der Waals surface area contributed by atoms with Gasteiger partial charge in [0.2, 0.25) is 0 Å². The van der Waals surface area contributed by atoms with Gasteiger partial charge in [-0.2, -0.15) is 0 Å². The molecule has 1 aromatic carbocycles. The quantitative estimate of drug-likeness (QED) is 0.519. The normalized spacial score (nSPS) is 27.6. The summed E-state index contributed by atoms with van der Waals surface area (Å²) in [5.74, 6) is 0.485. The smallest absolute Gasteiger partial charge is 0.158 e. The lowest BCUT2D eigenvalue weighted by Gasteiger charge is -2.43. The Labute approximate surface area is 217 Å². The van der Waals surface area contributed by atoms with Crippen LogP contribution in [0.2, 0.25) is 5.02 Å². The molecule has 6 nitrogen and oxygen atoms in total. The van der Waals surface area contributed by atoms with Crippen LogP contribution in [0, 0.1) is 11.8 Å². The number of hydrogen-bond donors (Lipinski definition) is 3. The maximum absolute atomic E-state index is 11.4. The minimum Gasteiger partial charge on any atom is -0.487 e. The number of hydrogen-bond acceptors (Lipinski definition) is 6. The molecule has 0 saturated carbocycles. The number of benzene rings is 1. The Bertz CT molecular complexity index is 1190. The number of likely N-dealkylation sites (tertiary alicyclic amines) is 1. The van der Waals surface area contributed by atoms with E-state index in [4.69, 9.17) is 16.3 Å². The summed E-state index contributed by atoms with van der Waals surface area (Å²) in [5, 5.41) is 31.7. The molecule has 1 saturated heterocycles. The third-order valence-electron chi connectivity index (χ3n) is 7.78. The van der Waals surface area contributed by atoms with Crippen molar-refractivity contribution in [1.82, 2.24) is 9.88 Å². The topological polar surface area (TPSA) is 86.1 Å². The number of aromatic nitrogens is 1. The van der Waals surface area contributed by atoms with Gasteiger partial charge >= 0.3 is 0 Å². The highest BCUT2D eigenvalue weighted by atomic mass is 35.5. The first-order valence-electron chi connectivity index (χ1n) is 12.6. The zero-order chi connectivity index (χ0) is 25.3. The number of allylic oxidation sites excluding steroid dienone is 3. The fourth-order valence-electron chi connectivity index (χ4n) is 5.61. The minimum absolute atomic E-state index is 0.0841. The number of pyridine rings is 1. The molecule has 7 heteroatoms. The van der Waals surface area contributed by atoms with Gasteiger partial charge in [0.05, 0.1) is 11.3 Å². The Morgan fingerprint density at radius 1 is 1.25 bits per heavy atom. The second-order valence-electron chi connectivity index (χ2n) is 10.1. The van der Waals surface area contributed by atoms with Gasteiger partial charge in [-0.25, -0.2) is 0 Å². The molecule has 0 bridgehead atoms. The van der Waals surface area contributed by atoms with E-state index < -0.39 is 11.9 Å². The van der Waals surface area contributed by atoms with Gasteiger partial charge in [-0.05, 0) is 54.7 Å². The van der Waals surface area contributed by atoms with E-state index in [1.807, 2.05) is 42.5 Å². The molecule has 1 aromatic heterocycles. The number of fused-ring (bicyclic) bond motifs is 1. The Balaban J connectivity index is 1.32. The number of aliphatic hydroxyl groups is 3. The second kappa shape index (κ2) is 10.5. The summed E-state index contributed by atoms with van der Waals surface area (Å²) < 4.78 is 6.05. The lowest BCUT2D eigenvalue weighted by molar-refractivity contribution is -0.0709. The summed E-state index contributed by atoms with van der Waals surface area (Å²) in [5.41, 5.74) is 4.04. The van der Waals surface area contributed by atoms with Crippen LogP contribution >= 0.6 is 11.6 Å². The van der Waals surface area contributed by atoms with Gasteiger partial charge in [0.25, 0.3) is 0 Å². The molecule has 2 aromatic rings. The third kappa shape index (κ3) is 5.01. The van der Waals surface area contributed by atoms with Gasteiger partial charge in [0.15, 0.2) is 6.29 Å². The van der Waals surface area contributed by atoms with Crippen LogP contribution in [-0.4, -0.2) is 51.1 Å². The Kier molecular flexibility index (Phi) is 7.33. The summed E-state index contributed by atoms with van der Waals surface area (Å²) in [6.07, 6.45) is 8.24. The van der Waals surface area contributed by atoms with Crippen molar-refractivity contribution in [2.45, 2.75) is 44.7 Å². The summed E-state index contributed by atoms with van der Waals surface area (Å²) in [6.45, 7) is 4.97. The highest BCUT2D eigenvalue weighted by Crippen LogP contribution is 2.40. The summed E-state index contributed by atoms with van der Waals surface area (Å²) in [7, 11) is 0. The molecular weight excluding hydrogens is 476 g/mol. The molecule has 0 spiro atoms. The van der Waals surface area contributed by atoms with E-state index in [2.05, 4.69) is 29.0 Å². The fourth-order valence-corrected chi connectivity index (χ4v) is 5.73. The molecule has 5 rings (SSSR count). The molecule has 3 unspecified atom stereocenters. The van der Waals surface area contributed by atoms with Gasteiger partial charge in [-0.15, -0.1) is 0 Å². The van der Waals surface area contributed by atoms with Gasteiger partial charge < -0.3 is 25.0 Å². The highest BCUT2D eigenvalue weighted by Gasteiger charge is 2.40. The van der Waals surface area contributed by atoms with Crippen molar-refractivity contribution in [3.05, 3.63) is 94.0 Å². The van der Waals surface area contributed by atoms with Crippen molar-refractivity contribution in [3.8, 4) is 0 Å². The van der Waals surface area contributed by atoms with E-state index in [9.17, 15) is 15.3 Å². The van der Waals surface area contributed by atoms with Crippen LogP contribution in [0.15, 0.2) is 72.2 Å². The molecule has 1 aliphatic carbocycles. The van der Waals surface area contributed by atoms with Crippen molar-refractivity contribution in [2.24, 2.45) is 11.8 Å². The van der Waals surface area contributed by atoms with Crippen molar-refractivity contribution < 1.29 is 20.1 Å².